The molecule has 7 heteroatoms. The van der Waals surface area contributed by atoms with E-state index in [0.29, 0.717) is 0 Å². The lowest BCUT2D eigenvalue weighted by atomic mass is 10.0. The molecule has 0 saturated heterocycles. The highest BCUT2D eigenvalue weighted by Crippen LogP contribution is 2.14. The zero-order valence-corrected chi connectivity index (χ0v) is 35.6. The Bertz CT molecular complexity index is 1120. The van der Waals surface area contributed by atoms with Crippen LogP contribution in [0.15, 0.2) is 72.9 Å². The van der Waals surface area contributed by atoms with Crippen molar-refractivity contribution in [2.24, 2.45) is 0 Å². The van der Waals surface area contributed by atoms with Gasteiger partial charge in [-0.05, 0) is 64.2 Å². The number of aliphatic hydroxyl groups is 1. The number of rotatable bonds is 39. The summed E-state index contributed by atoms with van der Waals surface area (Å²) in [4.78, 5) is 12.5. The fourth-order valence-electron chi connectivity index (χ4n) is 6.36. The molecule has 0 rings (SSSR count). The Hall–Kier alpha value is -2.22. The summed E-state index contributed by atoms with van der Waals surface area (Å²) in [7, 11) is -4.35. The van der Waals surface area contributed by atoms with Gasteiger partial charge in [0.15, 0.2) is 0 Å². The van der Waals surface area contributed by atoms with Crippen LogP contribution in [0.4, 0.5) is 0 Å². The van der Waals surface area contributed by atoms with E-state index in [0.717, 1.165) is 83.5 Å². The summed E-state index contributed by atoms with van der Waals surface area (Å²) in [6.07, 6.45) is 57.4. The van der Waals surface area contributed by atoms with Crippen LogP contribution in [0.1, 0.15) is 200 Å². The number of amides is 1. The molecule has 6 nitrogen and oxygen atoms in total. The molecule has 0 bridgehead atoms. The third-order valence-corrected chi connectivity index (χ3v) is 10.4. The molecule has 312 valence electrons. The third-order valence-electron chi connectivity index (χ3n) is 9.64. The summed E-state index contributed by atoms with van der Waals surface area (Å²) < 4.78 is 32.6. The number of hydrogen-bond acceptors (Lipinski definition) is 4. The maximum absolute atomic E-state index is 12.5. The van der Waals surface area contributed by atoms with Gasteiger partial charge >= 0.3 is 0 Å². The fraction of sp³-hybridized carbons (Fsp3) is 0.723. The van der Waals surface area contributed by atoms with Crippen LogP contribution < -0.4 is 5.32 Å². The molecule has 2 atom stereocenters. The van der Waals surface area contributed by atoms with E-state index in [1.807, 2.05) is 6.08 Å². The first-order valence-electron chi connectivity index (χ1n) is 22.1. The lowest BCUT2D eigenvalue weighted by Crippen LogP contribution is -2.46. The molecule has 3 N–H and O–H groups in total. The molecule has 1 amide bonds. The van der Waals surface area contributed by atoms with E-state index < -0.39 is 28.0 Å². The number of nitrogens with one attached hydrogen (secondary N) is 1. The van der Waals surface area contributed by atoms with Gasteiger partial charge in [-0.1, -0.05) is 202 Å². The highest BCUT2D eigenvalue weighted by Gasteiger charge is 2.24. The predicted molar refractivity (Wildman–Crippen MR) is 234 cm³/mol. The van der Waals surface area contributed by atoms with Gasteiger partial charge in [0.05, 0.1) is 17.9 Å². The van der Waals surface area contributed by atoms with Gasteiger partial charge in [-0.25, -0.2) is 0 Å². The smallest absolute Gasteiger partial charge is 0.267 e. The number of aliphatic hydroxyl groups excluding tert-OH is 1. The summed E-state index contributed by atoms with van der Waals surface area (Å²) in [5.41, 5.74) is 0. The lowest BCUT2D eigenvalue weighted by Gasteiger charge is -2.21. The quantitative estimate of drug-likeness (QED) is 0.0328. The van der Waals surface area contributed by atoms with Crippen LogP contribution in [0.25, 0.3) is 0 Å². The Kier molecular flexibility index (Phi) is 38.8. The standard InChI is InChI=1S/C47H83NO5S/c1-3-5-7-9-11-13-15-17-19-21-22-23-24-25-26-27-29-31-33-35-37-39-41-43-47(50)48-45(44-54(51,52)53)46(49)42-40-38-36-34-32-30-28-20-18-16-14-12-10-8-6-4-2/h5,7,11,13,17,19,22-23,25-26,40,42,45-46,49H,3-4,6,8-10,12,14-16,18,20-21,24,27-39,41,43-44H2,1-2H3,(H,48,50)(H,51,52,53)/b7-5-,13-11-,19-17-,23-22-,26-25-,42-40+. The molecule has 0 radical (unpaired) electrons. The number of allylic oxidation sites excluding steroid dienone is 11. The van der Waals surface area contributed by atoms with Crippen LogP contribution in [0.2, 0.25) is 0 Å². The summed E-state index contributed by atoms with van der Waals surface area (Å²) in [5.74, 6) is -0.997. The molecule has 0 aromatic rings. The lowest BCUT2D eigenvalue weighted by molar-refractivity contribution is -0.122. The molecule has 0 aromatic carbocycles. The van der Waals surface area contributed by atoms with Gasteiger partial charge < -0.3 is 10.4 Å². The first kappa shape index (κ1) is 51.8. The van der Waals surface area contributed by atoms with Crippen LogP contribution >= 0.6 is 0 Å². The van der Waals surface area contributed by atoms with E-state index in [4.69, 9.17) is 0 Å². The van der Waals surface area contributed by atoms with Crippen molar-refractivity contribution in [3.05, 3.63) is 72.9 Å². The number of carbonyl (C=O) groups is 1. The van der Waals surface area contributed by atoms with Crippen molar-refractivity contribution in [2.45, 2.75) is 212 Å². The number of unbranched alkanes of at least 4 members (excludes halogenated alkanes) is 21. The average Bonchev–Trinajstić information content (AvgIpc) is 3.14. The van der Waals surface area contributed by atoms with Gasteiger partial charge in [-0.15, -0.1) is 0 Å². The van der Waals surface area contributed by atoms with E-state index in [-0.39, 0.29) is 12.3 Å². The minimum Gasteiger partial charge on any atom is -0.387 e. The Morgan fingerprint density at radius 1 is 0.519 bits per heavy atom. The molecule has 0 aliphatic rings. The first-order valence-corrected chi connectivity index (χ1v) is 23.7. The highest BCUT2D eigenvalue weighted by atomic mass is 32.2. The molecule has 2 unspecified atom stereocenters. The summed E-state index contributed by atoms with van der Waals surface area (Å²) in [6, 6.07) is -1.07. The second-order valence-electron chi connectivity index (χ2n) is 14.9. The van der Waals surface area contributed by atoms with Crippen LogP contribution in [0.5, 0.6) is 0 Å². The molecule has 0 spiro atoms. The third kappa shape index (κ3) is 41.0. The van der Waals surface area contributed by atoms with Gasteiger partial charge in [0.1, 0.15) is 0 Å². The van der Waals surface area contributed by atoms with Crippen LogP contribution in [0.3, 0.4) is 0 Å². The highest BCUT2D eigenvalue weighted by molar-refractivity contribution is 7.85. The minimum atomic E-state index is -4.35. The van der Waals surface area contributed by atoms with Gasteiger partial charge in [-0.2, -0.15) is 8.42 Å². The van der Waals surface area contributed by atoms with E-state index in [2.05, 4.69) is 79.9 Å². The molecule has 0 fully saturated rings. The molecular formula is C47H83NO5S. The fourth-order valence-corrected chi connectivity index (χ4v) is 7.09. The van der Waals surface area contributed by atoms with Crippen molar-refractivity contribution in [1.29, 1.82) is 0 Å². The molecule has 0 aliphatic carbocycles. The molecular weight excluding hydrogens is 691 g/mol. The van der Waals surface area contributed by atoms with Gasteiger partial charge in [-0.3, -0.25) is 9.35 Å². The monoisotopic (exact) mass is 774 g/mol. The Labute approximate surface area is 334 Å². The molecule has 54 heavy (non-hydrogen) atoms. The zero-order chi connectivity index (χ0) is 39.6. The second-order valence-corrected chi connectivity index (χ2v) is 16.4. The maximum Gasteiger partial charge on any atom is 0.267 e. The van der Waals surface area contributed by atoms with Crippen LogP contribution in [0, 0.1) is 0 Å². The average molecular weight is 774 g/mol. The Morgan fingerprint density at radius 2 is 0.889 bits per heavy atom. The molecule has 0 heterocycles. The van der Waals surface area contributed by atoms with E-state index in [1.54, 1.807) is 6.08 Å². The van der Waals surface area contributed by atoms with Crippen LogP contribution in [-0.2, 0) is 14.9 Å². The van der Waals surface area contributed by atoms with Crippen molar-refractivity contribution in [2.75, 3.05) is 5.75 Å². The minimum absolute atomic E-state index is 0.279. The van der Waals surface area contributed by atoms with Gasteiger partial charge in [0.2, 0.25) is 5.91 Å². The number of hydrogen-bond donors (Lipinski definition) is 3. The maximum atomic E-state index is 12.5. The summed E-state index contributed by atoms with van der Waals surface area (Å²) in [6.45, 7) is 4.41. The van der Waals surface area contributed by atoms with Crippen molar-refractivity contribution in [3.63, 3.8) is 0 Å². The molecule has 0 aliphatic heterocycles. The summed E-state index contributed by atoms with van der Waals surface area (Å²) >= 11 is 0. The molecule has 0 aromatic heterocycles. The van der Waals surface area contributed by atoms with Crippen molar-refractivity contribution >= 4 is 16.0 Å². The topological polar surface area (TPSA) is 104 Å². The van der Waals surface area contributed by atoms with E-state index in [1.165, 1.54) is 96.3 Å². The zero-order valence-electron chi connectivity index (χ0n) is 34.8. The van der Waals surface area contributed by atoms with Crippen molar-refractivity contribution < 1.29 is 22.9 Å². The Morgan fingerprint density at radius 3 is 1.31 bits per heavy atom. The van der Waals surface area contributed by atoms with Gasteiger partial charge in [0.25, 0.3) is 10.1 Å². The van der Waals surface area contributed by atoms with Gasteiger partial charge in [0, 0.05) is 6.42 Å². The largest absolute Gasteiger partial charge is 0.387 e. The Balaban J connectivity index is 3.92. The SMILES string of the molecule is CC/C=C\C/C=C\C/C=C\C/C=C\C/C=C\CCCCCCCCCC(=O)NC(CS(=O)(=O)O)C(O)/C=C/CCCCCCCCCCCCCCCC. The molecule has 0 saturated carbocycles. The normalized spacial score (nSPS) is 13.9. The summed E-state index contributed by atoms with van der Waals surface area (Å²) in [5, 5.41) is 13.3. The van der Waals surface area contributed by atoms with E-state index in [9.17, 15) is 22.9 Å². The number of carbonyl (C=O) groups excluding carboxylic acids is 1. The predicted octanol–water partition coefficient (Wildman–Crippen LogP) is 13.4. The second kappa shape index (κ2) is 40.4. The first-order chi connectivity index (χ1) is 26.3. The van der Waals surface area contributed by atoms with Crippen LogP contribution in [-0.4, -0.2) is 41.9 Å². The van der Waals surface area contributed by atoms with Crippen molar-refractivity contribution in [1.82, 2.24) is 5.32 Å². The van der Waals surface area contributed by atoms with E-state index >= 15 is 0 Å². The van der Waals surface area contributed by atoms with Crippen molar-refractivity contribution in [3.8, 4) is 0 Å².